The fraction of sp³-hybridized carbons (Fsp3) is 0.500. The maximum atomic E-state index is 11.5. The minimum atomic E-state index is -5.19. The van der Waals surface area contributed by atoms with Gasteiger partial charge in [0.05, 0.1) is 0 Å². The van der Waals surface area contributed by atoms with Crippen LogP contribution in [0.2, 0.25) is 0 Å². The van der Waals surface area contributed by atoms with Gasteiger partial charge in [0.15, 0.2) is 0 Å². The average Bonchev–Trinajstić information content (AvgIpc) is 2.81. The average molecular weight is 1020 g/mol. The van der Waals surface area contributed by atoms with Crippen molar-refractivity contribution in [3.05, 3.63) is 39.2 Å². The summed E-state index contributed by atoms with van der Waals surface area (Å²) in [7, 11) is 0. The van der Waals surface area contributed by atoms with Gasteiger partial charge in [0.25, 0.3) is 0 Å². The van der Waals surface area contributed by atoms with E-state index in [0.29, 0.717) is 0 Å². The van der Waals surface area contributed by atoms with E-state index < -0.39 is 88.7 Å². The van der Waals surface area contributed by atoms with Crippen molar-refractivity contribution in [2.75, 3.05) is 0 Å². The van der Waals surface area contributed by atoms with E-state index in [9.17, 15) is 105 Å². The van der Waals surface area contributed by atoms with Crippen molar-refractivity contribution in [3.63, 3.8) is 0 Å². The van der Waals surface area contributed by atoms with E-state index in [1.54, 1.807) is 0 Å². The van der Waals surface area contributed by atoms with E-state index >= 15 is 0 Å². The Morgan fingerprint density at radius 3 is 0.240 bits per heavy atom. The van der Waals surface area contributed by atoms with Crippen molar-refractivity contribution >= 4 is 101 Å². The summed E-state index contributed by atoms with van der Waals surface area (Å²) in [6.45, 7) is 0. The summed E-state index contributed by atoms with van der Waals surface area (Å²) in [5, 5.41) is 0. The Kier molecular flexibility index (Phi) is 27.1. The van der Waals surface area contributed by atoms with Crippen LogP contribution in [0.15, 0.2) is 39.2 Å². The second kappa shape index (κ2) is 21.8. The number of rotatable bonds is 0. The minimum absolute atomic E-state index is 0. The van der Waals surface area contributed by atoms with Gasteiger partial charge in [0.1, 0.15) is 0 Å². The van der Waals surface area contributed by atoms with Crippen molar-refractivity contribution in [2.45, 2.75) is 49.4 Å². The first-order valence-corrected chi connectivity index (χ1v) is 12.4. The standard InChI is InChI=1S/4C4H2F6S2.2Co/c4*5-3(6,7)1(11)2(12)4(8,9)10;;/h4*11-12H;;/q;;;;2*+3/p-8/b4*2-1-;;. The van der Waals surface area contributed by atoms with Gasteiger partial charge in [-0.3, -0.25) is 0 Å². The van der Waals surface area contributed by atoms with Gasteiger partial charge in [-0.15, -0.1) is 39.2 Å². The van der Waals surface area contributed by atoms with Crippen LogP contribution in [0.25, 0.3) is 0 Å². The summed E-state index contributed by atoms with van der Waals surface area (Å²) in [4.78, 5) is -17.6. The summed E-state index contributed by atoms with van der Waals surface area (Å²) >= 11 is 27.8. The van der Waals surface area contributed by atoms with Crippen molar-refractivity contribution in [2.24, 2.45) is 0 Å². The molecule has 0 N–H and O–H groups in total. The van der Waals surface area contributed by atoms with E-state index in [2.05, 4.69) is 101 Å². The number of hydrogen-bond acceptors (Lipinski definition) is 8. The molecule has 0 radical (unpaired) electrons. The molecule has 0 saturated heterocycles. The van der Waals surface area contributed by atoms with Crippen molar-refractivity contribution in [3.8, 4) is 0 Å². The zero-order valence-corrected chi connectivity index (χ0v) is 29.6. The molecule has 0 heterocycles. The fourth-order valence-corrected chi connectivity index (χ4v) is 1.96. The van der Waals surface area contributed by atoms with E-state index in [1.807, 2.05) is 0 Å². The molecule has 0 bridgehead atoms. The molecule has 0 fully saturated rings. The van der Waals surface area contributed by atoms with Crippen molar-refractivity contribution in [1.82, 2.24) is 0 Å². The Morgan fingerprint density at radius 1 is 0.180 bits per heavy atom. The normalized spacial score (nSPS) is 15.2. The summed E-state index contributed by atoms with van der Waals surface area (Å²) in [6.07, 6.45) is -41.5. The zero-order valence-electron chi connectivity index (χ0n) is 21.0. The van der Waals surface area contributed by atoms with Gasteiger partial charge in [0, 0.05) is 0 Å². The maximum Gasteiger partial charge on any atom is 3.00 e. The Balaban J connectivity index is -0.000000127. The predicted octanol–water partition coefficient (Wildman–Crippen LogP) is 9.66. The first-order chi connectivity index (χ1) is 20.3. The third-order valence-corrected chi connectivity index (χ3v) is 6.89. The van der Waals surface area contributed by atoms with Crippen LogP contribution in [0.3, 0.4) is 0 Å². The van der Waals surface area contributed by atoms with Crippen LogP contribution in [0, 0.1) is 0 Å². The zero-order chi connectivity index (χ0) is 40.6. The maximum absolute atomic E-state index is 11.5. The second-order valence-electron chi connectivity index (χ2n) is 6.62. The quantitative estimate of drug-likeness (QED) is 0.172. The van der Waals surface area contributed by atoms with Crippen molar-refractivity contribution in [1.29, 1.82) is 0 Å². The van der Waals surface area contributed by atoms with Crippen LogP contribution in [0.5, 0.6) is 0 Å². The molecule has 0 nitrogen and oxygen atoms in total. The minimum Gasteiger partial charge on any atom is -0.777 e. The van der Waals surface area contributed by atoms with Gasteiger partial charge in [-0.1, -0.05) is 0 Å². The van der Waals surface area contributed by atoms with E-state index in [1.165, 1.54) is 0 Å². The molecule has 0 atom stereocenters. The van der Waals surface area contributed by atoms with Crippen molar-refractivity contribution < 1.29 is 139 Å². The summed E-state index contributed by atoms with van der Waals surface area (Å²) in [6, 6.07) is 0. The van der Waals surface area contributed by atoms with Crippen LogP contribution in [-0.4, -0.2) is 49.4 Å². The van der Waals surface area contributed by atoms with E-state index in [-0.39, 0.29) is 33.6 Å². The molecule has 0 rings (SSSR count). The molecule has 0 aliphatic rings. The van der Waals surface area contributed by atoms with Gasteiger partial charge in [-0.2, -0.15) is 105 Å². The van der Waals surface area contributed by atoms with Crippen LogP contribution in [0.4, 0.5) is 105 Å². The molecular formula is C16Co2F24S8-2. The second-order valence-corrected chi connectivity index (χ2v) is 9.88. The SMILES string of the molecule is FC(F)(F)/C([S-])=C(/[S-])C(F)(F)F.FC(F)(F)/C([S-])=C(/[S-])C(F)(F)F.FC(F)(F)/C([S-])=C(/[S-])C(F)(F)F.FC(F)(F)/C([S-])=C(/[S-])C(F)(F)F.[Co+3].[Co+3]. The molecule has 50 heavy (non-hydrogen) atoms. The molecular weight excluding hydrogens is 1020 g/mol. The molecule has 300 valence electrons. The molecule has 34 heteroatoms. The van der Waals surface area contributed by atoms with Gasteiger partial charge in [0.2, 0.25) is 0 Å². The summed E-state index contributed by atoms with van der Waals surface area (Å²) < 4.78 is 276. The molecule has 0 saturated carbocycles. The number of alkyl halides is 24. The monoisotopic (exact) mass is 1020 g/mol. The summed E-state index contributed by atoms with van der Waals surface area (Å²) in [5.74, 6) is 0. The van der Waals surface area contributed by atoms with E-state index in [0.717, 1.165) is 0 Å². The van der Waals surface area contributed by atoms with Gasteiger partial charge < -0.3 is 101 Å². The molecule has 0 aromatic carbocycles. The van der Waals surface area contributed by atoms with Crippen LogP contribution in [-0.2, 0) is 135 Å². The molecule has 0 aromatic rings. The smallest absolute Gasteiger partial charge is 0.777 e. The Hall–Kier alpha value is 0.0530. The van der Waals surface area contributed by atoms with Gasteiger partial charge in [-0.05, 0) is 0 Å². The number of halogens is 24. The molecule has 0 amide bonds. The first kappa shape index (κ1) is 62.1. The van der Waals surface area contributed by atoms with Crippen LogP contribution < -0.4 is 0 Å². The fourth-order valence-electron chi connectivity index (χ4n) is 1.03. The molecule has 0 unspecified atom stereocenters. The first-order valence-electron chi connectivity index (χ1n) is 9.17. The third-order valence-electron chi connectivity index (χ3n) is 2.88. The van der Waals surface area contributed by atoms with Gasteiger partial charge >= 0.3 is 83.0 Å². The Morgan fingerprint density at radius 2 is 0.220 bits per heavy atom. The molecule has 0 spiro atoms. The largest absolute Gasteiger partial charge is 3.00 e. The van der Waals surface area contributed by atoms with Gasteiger partial charge in [-0.25, -0.2) is 0 Å². The van der Waals surface area contributed by atoms with Crippen LogP contribution >= 0.6 is 0 Å². The number of hydrogen-bond donors (Lipinski definition) is 0. The predicted molar refractivity (Wildman–Crippen MR) is 135 cm³/mol. The molecule has 0 aromatic heterocycles. The Bertz CT molecular complexity index is 902. The number of allylic oxidation sites excluding steroid dienone is 8. The molecule has 0 aliphatic heterocycles. The third kappa shape index (κ3) is 25.9. The van der Waals surface area contributed by atoms with E-state index in [4.69, 9.17) is 0 Å². The topological polar surface area (TPSA) is 0 Å². The summed E-state index contributed by atoms with van der Waals surface area (Å²) in [5.41, 5.74) is 0. The molecule has 0 aliphatic carbocycles. The Labute approximate surface area is 326 Å². The van der Waals surface area contributed by atoms with Crippen LogP contribution in [0.1, 0.15) is 0 Å².